The highest BCUT2D eigenvalue weighted by molar-refractivity contribution is 5.96. The second kappa shape index (κ2) is 5.21. The van der Waals surface area contributed by atoms with Crippen molar-refractivity contribution in [3.05, 3.63) is 29.3 Å². The summed E-state index contributed by atoms with van der Waals surface area (Å²) in [6.07, 6.45) is 3.93. The van der Waals surface area contributed by atoms with Gasteiger partial charge in [-0.1, -0.05) is 13.8 Å². The van der Waals surface area contributed by atoms with Gasteiger partial charge < -0.3 is 9.47 Å². The minimum atomic E-state index is 0.000185. The fraction of sp³-hybridized carbons (Fsp3) is 0.588. The Balaban J connectivity index is 1.69. The van der Waals surface area contributed by atoms with Crippen molar-refractivity contribution >= 4 is 5.78 Å². The van der Waals surface area contributed by atoms with Crippen LogP contribution in [0.5, 0.6) is 5.75 Å². The number of carbonyl (C=O) groups is 1. The SMILES string of the molecule is CC1(C)COc2ccc(C(=O)CCC3CCCO3)cc21. The van der Waals surface area contributed by atoms with E-state index in [0.29, 0.717) is 13.0 Å². The molecule has 2 aliphatic heterocycles. The first kappa shape index (κ1) is 13.6. The van der Waals surface area contributed by atoms with Gasteiger partial charge in [0.2, 0.25) is 0 Å². The van der Waals surface area contributed by atoms with Crippen LogP contribution in [-0.4, -0.2) is 25.1 Å². The van der Waals surface area contributed by atoms with Crippen LogP contribution in [0.3, 0.4) is 0 Å². The number of ether oxygens (including phenoxy) is 2. The molecule has 2 aliphatic rings. The Hall–Kier alpha value is -1.35. The normalized spacial score (nSPS) is 23.4. The number of benzene rings is 1. The maximum atomic E-state index is 12.3. The summed E-state index contributed by atoms with van der Waals surface area (Å²) in [5.74, 6) is 1.14. The Bertz CT molecular complexity index is 513. The molecule has 1 fully saturated rings. The average molecular weight is 274 g/mol. The Morgan fingerprint density at radius 1 is 1.40 bits per heavy atom. The lowest BCUT2D eigenvalue weighted by atomic mass is 9.85. The fourth-order valence-corrected chi connectivity index (χ4v) is 3.00. The van der Waals surface area contributed by atoms with E-state index in [1.807, 2.05) is 18.2 Å². The van der Waals surface area contributed by atoms with E-state index in [0.717, 1.165) is 42.7 Å². The first-order chi connectivity index (χ1) is 9.56. The average Bonchev–Trinajstić information content (AvgIpc) is 3.04. The summed E-state index contributed by atoms with van der Waals surface area (Å²) in [6, 6.07) is 5.83. The van der Waals surface area contributed by atoms with Crippen molar-refractivity contribution in [1.29, 1.82) is 0 Å². The van der Waals surface area contributed by atoms with Gasteiger partial charge in [-0.2, -0.15) is 0 Å². The van der Waals surface area contributed by atoms with Crippen LogP contribution < -0.4 is 4.74 Å². The number of ketones is 1. The third kappa shape index (κ3) is 2.59. The summed E-state index contributed by atoms with van der Waals surface area (Å²) in [5, 5.41) is 0. The number of hydrogen-bond acceptors (Lipinski definition) is 3. The Labute approximate surface area is 120 Å². The monoisotopic (exact) mass is 274 g/mol. The lowest BCUT2D eigenvalue weighted by Gasteiger charge is -2.15. The van der Waals surface area contributed by atoms with Gasteiger partial charge in [0.1, 0.15) is 5.75 Å². The summed E-state index contributed by atoms with van der Waals surface area (Å²) in [7, 11) is 0. The van der Waals surface area contributed by atoms with Crippen molar-refractivity contribution in [1.82, 2.24) is 0 Å². The summed E-state index contributed by atoms with van der Waals surface area (Å²) in [4.78, 5) is 12.3. The van der Waals surface area contributed by atoms with Gasteiger partial charge in [0.15, 0.2) is 5.78 Å². The zero-order valence-corrected chi connectivity index (χ0v) is 12.3. The molecule has 0 aromatic heterocycles. The number of Topliss-reactive ketones (excluding diaryl/α,β-unsaturated/α-hetero) is 1. The van der Waals surface area contributed by atoms with Crippen LogP contribution in [0.15, 0.2) is 18.2 Å². The van der Waals surface area contributed by atoms with Crippen LogP contribution in [0.2, 0.25) is 0 Å². The summed E-state index contributed by atoms with van der Waals surface area (Å²) in [5.41, 5.74) is 1.96. The van der Waals surface area contributed by atoms with E-state index in [1.54, 1.807) is 0 Å². The van der Waals surface area contributed by atoms with Gasteiger partial charge in [-0.3, -0.25) is 4.79 Å². The van der Waals surface area contributed by atoms with Crippen LogP contribution in [0.1, 0.15) is 55.5 Å². The topological polar surface area (TPSA) is 35.5 Å². The van der Waals surface area contributed by atoms with Crippen LogP contribution in [0.25, 0.3) is 0 Å². The van der Waals surface area contributed by atoms with Crippen LogP contribution in [0, 0.1) is 0 Å². The minimum absolute atomic E-state index is 0.000185. The summed E-state index contributed by atoms with van der Waals surface area (Å²) in [6.45, 7) is 5.85. The third-order valence-corrected chi connectivity index (χ3v) is 4.34. The van der Waals surface area contributed by atoms with Gasteiger partial charge in [-0.05, 0) is 37.5 Å². The highest BCUT2D eigenvalue weighted by atomic mass is 16.5. The second-order valence-electron chi connectivity index (χ2n) is 6.48. The molecule has 0 aliphatic carbocycles. The number of carbonyl (C=O) groups excluding carboxylic acids is 1. The van der Waals surface area contributed by atoms with Gasteiger partial charge >= 0.3 is 0 Å². The smallest absolute Gasteiger partial charge is 0.162 e. The molecular formula is C17H22O3. The van der Waals surface area contributed by atoms with E-state index >= 15 is 0 Å². The quantitative estimate of drug-likeness (QED) is 0.788. The molecular weight excluding hydrogens is 252 g/mol. The molecule has 20 heavy (non-hydrogen) atoms. The Morgan fingerprint density at radius 3 is 3.00 bits per heavy atom. The maximum absolute atomic E-state index is 12.3. The zero-order chi connectivity index (χ0) is 14.2. The van der Waals surface area contributed by atoms with Crippen LogP contribution >= 0.6 is 0 Å². The molecule has 1 unspecified atom stereocenters. The zero-order valence-electron chi connectivity index (χ0n) is 12.3. The summed E-state index contributed by atoms with van der Waals surface area (Å²) < 4.78 is 11.2. The van der Waals surface area contributed by atoms with Crippen LogP contribution in [-0.2, 0) is 10.2 Å². The molecule has 0 saturated carbocycles. The molecule has 0 amide bonds. The molecule has 3 heteroatoms. The molecule has 0 radical (unpaired) electrons. The fourth-order valence-electron chi connectivity index (χ4n) is 3.00. The molecule has 1 aromatic carbocycles. The van der Waals surface area contributed by atoms with Crippen molar-refractivity contribution in [2.24, 2.45) is 0 Å². The molecule has 1 saturated heterocycles. The number of hydrogen-bond donors (Lipinski definition) is 0. The molecule has 2 heterocycles. The largest absolute Gasteiger partial charge is 0.492 e. The Morgan fingerprint density at radius 2 is 2.25 bits per heavy atom. The predicted molar refractivity (Wildman–Crippen MR) is 77.5 cm³/mol. The van der Waals surface area contributed by atoms with E-state index in [1.165, 1.54) is 0 Å². The van der Waals surface area contributed by atoms with Crippen molar-refractivity contribution in [3.8, 4) is 5.75 Å². The van der Waals surface area contributed by atoms with Gasteiger partial charge in [-0.25, -0.2) is 0 Å². The van der Waals surface area contributed by atoms with Gasteiger partial charge in [-0.15, -0.1) is 0 Å². The van der Waals surface area contributed by atoms with Gasteiger partial charge in [0.05, 0.1) is 12.7 Å². The van der Waals surface area contributed by atoms with E-state index in [2.05, 4.69) is 13.8 Å². The van der Waals surface area contributed by atoms with Gasteiger partial charge in [0.25, 0.3) is 0 Å². The minimum Gasteiger partial charge on any atom is -0.492 e. The van der Waals surface area contributed by atoms with Crippen molar-refractivity contribution in [2.75, 3.05) is 13.2 Å². The Kier molecular flexibility index (Phi) is 3.55. The van der Waals surface area contributed by atoms with Crippen molar-refractivity contribution < 1.29 is 14.3 Å². The first-order valence-corrected chi connectivity index (χ1v) is 7.48. The highest BCUT2D eigenvalue weighted by Gasteiger charge is 2.32. The molecule has 108 valence electrons. The third-order valence-electron chi connectivity index (χ3n) is 4.34. The predicted octanol–water partition coefficient (Wildman–Crippen LogP) is 3.50. The lowest BCUT2D eigenvalue weighted by molar-refractivity contribution is 0.0859. The molecule has 0 spiro atoms. The highest BCUT2D eigenvalue weighted by Crippen LogP contribution is 2.38. The summed E-state index contributed by atoms with van der Waals surface area (Å²) >= 11 is 0. The lowest BCUT2D eigenvalue weighted by Crippen LogP contribution is -2.18. The van der Waals surface area contributed by atoms with E-state index in [-0.39, 0.29) is 17.3 Å². The molecule has 1 atom stereocenters. The molecule has 3 rings (SSSR count). The number of fused-ring (bicyclic) bond motifs is 1. The van der Waals surface area contributed by atoms with Crippen molar-refractivity contribution in [3.63, 3.8) is 0 Å². The van der Waals surface area contributed by atoms with Crippen LogP contribution in [0.4, 0.5) is 0 Å². The van der Waals surface area contributed by atoms with E-state index in [9.17, 15) is 4.79 Å². The van der Waals surface area contributed by atoms with E-state index in [4.69, 9.17) is 9.47 Å². The van der Waals surface area contributed by atoms with E-state index < -0.39 is 0 Å². The van der Waals surface area contributed by atoms with Gasteiger partial charge in [0, 0.05) is 29.6 Å². The number of rotatable bonds is 4. The molecule has 3 nitrogen and oxygen atoms in total. The van der Waals surface area contributed by atoms with Crippen molar-refractivity contribution in [2.45, 2.75) is 51.0 Å². The molecule has 0 bridgehead atoms. The standard InChI is InChI=1S/C17H22O3/c1-17(2)11-20-16-8-5-12(10-14(16)17)15(18)7-6-13-4-3-9-19-13/h5,8,10,13H,3-4,6-7,9,11H2,1-2H3. The molecule has 0 N–H and O–H groups in total. The second-order valence-corrected chi connectivity index (χ2v) is 6.48. The maximum Gasteiger partial charge on any atom is 0.162 e. The first-order valence-electron chi connectivity index (χ1n) is 7.48. The molecule has 1 aromatic rings.